The van der Waals surface area contributed by atoms with Gasteiger partial charge in [0.2, 0.25) is 0 Å². The average Bonchev–Trinajstić information content (AvgIpc) is 3.74. The lowest BCUT2D eigenvalue weighted by Gasteiger charge is -2.28. The third-order valence-corrected chi connectivity index (χ3v) is 14.2. The number of hydrogen-bond acceptors (Lipinski definition) is 2. The molecule has 2 heteroatoms. The van der Waals surface area contributed by atoms with Gasteiger partial charge in [0.05, 0.1) is 0 Å². The second-order valence-corrected chi connectivity index (χ2v) is 17.1. The van der Waals surface area contributed by atoms with Gasteiger partial charge in [0.15, 0.2) is 0 Å². The highest BCUT2D eigenvalue weighted by molar-refractivity contribution is 7.26. The summed E-state index contributed by atoms with van der Waals surface area (Å²) in [6.07, 6.45) is 0. The van der Waals surface area contributed by atoms with Crippen molar-refractivity contribution in [2.24, 2.45) is 0 Å². The van der Waals surface area contributed by atoms with Crippen LogP contribution in [0.3, 0.4) is 0 Å². The Labute approximate surface area is 323 Å². The Morgan fingerprint density at radius 2 is 0.667 bits per heavy atom. The van der Waals surface area contributed by atoms with Crippen molar-refractivity contribution < 1.29 is 0 Å². The largest absolute Gasteiger partial charge is 0.135 e. The van der Waals surface area contributed by atoms with Crippen LogP contribution in [0.2, 0.25) is 0 Å². The molecule has 0 N–H and O–H groups in total. The number of rotatable bonds is 2. The molecule has 0 spiro atoms. The van der Waals surface area contributed by atoms with Gasteiger partial charge >= 0.3 is 0 Å². The van der Waals surface area contributed by atoms with Gasteiger partial charge in [0.25, 0.3) is 0 Å². The van der Waals surface area contributed by atoms with Crippen molar-refractivity contribution in [2.75, 3.05) is 0 Å². The third-order valence-electron chi connectivity index (χ3n) is 12.0. The Morgan fingerprint density at radius 1 is 0.278 bits per heavy atom. The number of fused-ring (bicyclic) bond motifs is 14. The van der Waals surface area contributed by atoms with Gasteiger partial charge in [0.1, 0.15) is 0 Å². The molecule has 0 nitrogen and oxygen atoms in total. The molecule has 2 aromatic heterocycles. The molecule has 54 heavy (non-hydrogen) atoms. The molecule has 2 heterocycles. The molecule has 0 unspecified atom stereocenters. The highest BCUT2D eigenvalue weighted by Crippen LogP contribution is 2.55. The van der Waals surface area contributed by atoms with Crippen LogP contribution < -0.4 is 0 Å². The lowest BCUT2D eigenvalue weighted by atomic mass is 9.75. The van der Waals surface area contributed by atoms with Crippen LogP contribution in [0, 0.1) is 27.7 Å². The van der Waals surface area contributed by atoms with E-state index >= 15 is 0 Å². The van der Waals surface area contributed by atoms with E-state index in [-0.39, 0.29) is 0 Å². The summed E-state index contributed by atoms with van der Waals surface area (Å²) in [5.41, 5.74) is 20.9. The van der Waals surface area contributed by atoms with Crippen molar-refractivity contribution in [1.29, 1.82) is 0 Å². The standard InChI is InChI=1S/C52H36S2/c1-29-13-5-7-15-33(29)35-21-23-39-40-24-22-36(34-16-8-6-14-30(34)2)32(4)52(40)46-28-50-44(38-18-10-12-20-48(38)54-50)26-42(46)41-25-43-37-17-9-11-19-47(37)53-49(43)27-45(41)51(39)31(35)3/h5-28H,1-4H3. The Hall–Kier alpha value is -5.80. The predicted molar refractivity (Wildman–Crippen MR) is 237 cm³/mol. The maximum Gasteiger partial charge on any atom is 0.0362 e. The molecular formula is C52H36S2. The molecule has 11 rings (SSSR count). The van der Waals surface area contributed by atoms with Crippen LogP contribution in [0.1, 0.15) is 22.3 Å². The van der Waals surface area contributed by atoms with Gasteiger partial charge in [-0.05, 0) is 153 Å². The summed E-state index contributed by atoms with van der Waals surface area (Å²) in [7, 11) is 0. The second-order valence-electron chi connectivity index (χ2n) is 14.9. The Kier molecular flexibility index (Phi) is 6.96. The van der Waals surface area contributed by atoms with E-state index in [1.807, 2.05) is 22.7 Å². The Balaban J connectivity index is 1.35. The summed E-state index contributed by atoms with van der Waals surface area (Å²) in [6, 6.07) is 55.2. The number of aryl methyl sites for hydroxylation is 2. The first kappa shape index (κ1) is 31.7. The first-order valence-electron chi connectivity index (χ1n) is 18.8. The maximum absolute atomic E-state index is 2.53. The lowest BCUT2D eigenvalue weighted by molar-refractivity contribution is 1.38. The van der Waals surface area contributed by atoms with Gasteiger partial charge in [0, 0.05) is 40.3 Å². The van der Waals surface area contributed by atoms with Gasteiger partial charge in [-0.1, -0.05) is 109 Å². The molecule has 0 saturated heterocycles. The molecule has 0 saturated carbocycles. The molecule has 0 bridgehead atoms. The molecule has 0 atom stereocenters. The fourth-order valence-electron chi connectivity index (χ4n) is 9.30. The van der Waals surface area contributed by atoms with Crippen LogP contribution in [0.5, 0.6) is 0 Å². The summed E-state index contributed by atoms with van der Waals surface area (Å²) in [6.45, 7) is 9.18. The van der Waals surface area contributed by atoms with E-state index < -0.39 is 0 Å². The molecule has 0 radical (unpaired) electrons. The molecule has 0 fully saturated rings. The van der Waals surface area contributed by atoms with E-state index in [2.05, 4.69) is 173 Å². The fourth-order valence-corrected chi connectivity index (χ4v) is 11.6. The minimum Gasteiger partial charge on any atom is -0.135 e. The van der Waals surface area contributed by atoms with E-state index in [0.29, 0.717) is 0 Å². The van der Waals surface area contributed by atoms with Crippen LogP contribution in [0.4, 0.5) is 0 Å². The fraction of sp³-hybridized carbons (Fsp3) is 0.0769. The lowest BCUT2D eigenvalue weighted by Crippen LogP contribution is -2.03. The maximum atomic E-state index is 2.53. The smallest absolute Gasteiger partial charge is 0.0362 e. The zero-order chi connectivity index (χ0) is 36.2. The monoisotopic (exact) mass is 724 g/mol. The normalized spacial score (nSPS) is 12.1. The number of benzene rings is 8. The minimum atomic E-state index is 1.29. The second kappa shape index (κ2) is 11.9. The van der Waals surface area contributed by atoms with Gasteiger partial charge in [-0.15, -0.1) is 22.7 Å². The quantitative estimate of drug-likeness (QED) is 0.167. The molecule has 8 aromatic carbocycles. The zero-order valence-electron chi connectivity index (χ0n) is 30.7. The van der Waals surface area contributed by atoms with E-state index in [9.17, 15) is 0 Å². The summed E-state index contributed by atoms with van der Waals surface area (Å²) in [5, 5.41) is 5.32. The van der Waals surface area contributed by atoms with E-state index in [0.717, 1.165) is 0 Å². The van der Waals surface area contributed by atoms with Crippen molar-refractivity contribution in [3.8, 4) is 66.8 Å². The topological polar surface area (TPSA) is 0 Å². The summed E-state index contributed by atoms with van der Waals surface area (Å²) < 4.78 is 5.32. The van der Waals surface area contributed by atoms with Crippen molar-refractivity contribution in [2.45, 2.75) is 27.7 Å². The Bertz CT molecular complexity index is 2990. The molecule has 256 valence electrons. The molecule has 1 aliphatic rings. The molecule has 0 aliphatic heterocycles. The summed E-state index contributed by atoms with van der Waals surface area (Å²) in [5.74, 6) is 0. The van der Waals surface area contributed by atoms with E-state index in [4.69, 9.17) is 0 Å². The van der Waals surface area contributed by atoms with Crippen LogP contribution in [0.25, 0.3) is 107 Å². The third kappa shape index (κ3) is 4.54. The zero-order valence-corrected chi connectivity index (χ0v) is 32.3. The van der Waals surface area contributed by atoms with Crippen LogP contribution in [-0.4, -0.2) is 0 Å². The van der Waals surface area contributed by atoms with E-state index in [1.54, 1.807) is 0 Å². The van der Waals surface area contributed by atoms with E-state index in [1.165, 1.54) is 129 Å². The van der Waals surface area contributed by atoms with Gasteiger partial charge in [-0.3, -0.25) is 0 Å². The summed E-state index contributed by atoms with van der Waals surface area (Å²) in [4.78, 5) is 0. The number of hydrogen-bond donors (Lipinski definition) is 0. The molecule has 10 aromatic rings. The molecule has 1 aliphatic carbocycles. The van der Waals surface area contributed by atoms with Gasteiger partial charge in [-0.2, -0.15) is 0 Å². The summed E-state index contributed by atoms with van der Waals surface area (Å²) >= 11 is 3.82. The SMILES string of the molecule is Cc1ccccc1-c1ccc2c(c1C)-c1cc3sc4ccccc4c3cc1-c1cc3c(cc1-c1c-2ccc(-c2ccccc2C)c1C)sc1ccccc13. The molecular weight excluding hydrogens is 689 g/mol. The van der Waals surface area contributed by atoms with Gasteiger partial charge in [-0.25, -0.2) is 0 Å². The van der Waals surface area contributed by atoms with Crippen LogP contribution in [0.15, 0.2) is 146 Å². The highest BCUT2D eigenvalue weighted by Gasteiger charge is 2.29. The predicted octanol–water partition coefficient (Wildman–Crippen LogP) is 16.0. The van der Waals surface area contributed by atoms with Gasteiger partial charge < -0.3 is 0 Å². The highest BCUT2D eigenvalue weighted by atomic mass is 32.1. The molecule has 0 amide bonds. The first-order chi connectivity index (χ1) is 26.4. The Morgan fingerprint density at radius 3 is 1.11 bits per heavy atom. The minimum absolute atomic E-state index is 1.29. The van der Waals surface area contributed by atoms with Crippen LogP contribution >= 0.6 is 22.7 Å². The first-order valence-corrected chi connectivity index (χ1v) is 20.4. The van der Waals surface area contributed by atoms with Crippen molar-refractivity contribution in [3.05, 3.63) is 168 Å². The van der Waals surface area contributed by atoms with Crippen molar-refractivity contribution >= 4 is 63.0 Å². The average molecular weight is 725 g/mol. The van der Waals surface area contributed by atoms with Crippen molar-refractivity contribution in [1.82, 2.24) is 0 Å². The van der Waals surface area contributed by atoms with Crippen molar-refractivity contribution in [3.63, 3.8) is 0 Å². The number of thiophene rings is 2. The van der Waals surface area contributed by atoms with Crippen LogP contribution in [-0.2, 0) is 0 Å².